The van der Waals surface area contributed by atoms with Gasteiger partial charge in [-0.15, -0.1) is 11.3 Å². The molecule has 0 saturated carbocycles. The number of hydrogen-bond donors (Lipinski definition) is 6. The van der Waals surface area contributed by atoms with E-state index in [-0.39, 0.29) is 31.3 Å². The summed E-state index contributed by atoms with van der Waals surface area (Å²) in [5, 5.41) is 21.2. The fraction of sp³-hybridized carbons (Fsp3) is 0.200. The molecule has 3 aromatic rings. The Labute approximate surface area is 211 Å². The van der Waals surface area contributed by atoms with Gasteiger partial charge in [0.05, 0.1) is 11.4 Å². The van der Waals surface area contributed by atoms with Gasteiger partial charge in [0, 0.05) is 36.9 Å². The van der Waals surface area contributed by atoms with Gasteiger partial charge < -0.3 is 32.1 Å². The minimum absolute atomic E-state index is 0.0793. The van der Waals surface area contributed by atoms with Crippen LogP contribution in [0.25, 0.3) is 10.4 Å². The Morgan fingerprint density at radius 3 is 2.36 bits per heavy atom. The first-order valence-electron chi connectivity index (χ1n) is 11.1. The standard InChI is InChI=1S/C25H27N5O5S/c1-15(31)27-10-11-28-24(33)21(30-25(34)35)13-16-4-6-17(7-5-16)23(32)29-20-14-18(8-9-19(20)26)22-3-2-12-36-22/h2-9,12,14,21,30H,10-11,13,26H2,1H3,(H,27,31)(H,28,33)(H,29,32)(H,34,35)/t21-/m0/s1. The first-order valence-corrected chi connectivity index (χ1v) is 12.0. The summed E-state index contributed by atoms with van der Waals surface area (Å²) in [6.45, 7) is 1.75. The lowest BCUT2D eigenvalue weighted by atomic mass is 10.0. The second-order valence-corrected chi connectivity index (χ2v) is 8.86. The van der Waals surface area contributed by atoms with Crippen LogP contribution < -0.4 is 27.0 Å². The van der Waals surface area contributed by atoms with E-state index < -0.39 is 18.0 Å². The number of carboxylic acid groups (broad SMARTS) is 1. The van der Waals surface area contributed by atoms with E-state index in [4.69, 9.17) is 10.8 Å². The molecular formula is C25H27N5O5S. The van der Waals surface area contributed by atoms with E-state index in [1.54, 1.807) is 41.7 Å². The summed E-state index contributed by atoms with van der Waals surface area (Å²) < 4.78 is 0. The summed E-state index contributed by atoms with van der Waals surface area (Å²) in [6, 6.07) is 14.8. The highest BCUT2D eigenvalue weighted by molar-refractivity contribution is 7.13. The van der Waals surface area contributed by atoms with E-state index in [2.05, 4.69) is 21.3 Å². The molecule has 1 atom stereocenters. The van der Waals surface area contributed by atoms with Crippen molar-refractivity contribution in [2.45, 2.75) is 19.4 Å². The number of nitrogen functional groups attached to an aromatic ring is 1. The summed E-state index contributed by atoms with van der Waals surface area (Å²) in [7, 11) is 0. The molecule has 1 aromatic heterocycles. The summed E-state index contributed by atoms with van der Waals surface area (Å²) in [6.07, 6.45) is -1.26. The fourth-order valence-corrected chi connectivity index (χ4v) is 4.11. The van der Waals surface area contributed by atoms with Crippen molar-refractivity contribution in [3.05, 3.63) is 71.1 Å². The maximum absolute atomic E-state index is 12.8. The van der Waals surface area contributed by atoms with Crippen molar-refractivity contribution >= 4 is 46.5 Å². The van der Waals surface area contributed by atoms with Crippen LogP contribution in [0.2, 0.25) is 0 Å². The number of rotatable bonds is 10. The number of amides is 4. The first kappa shape index (κ1) is 26.2. The lowest BCUT2D eigenvalue weighted by molar-refractivity contribution is -0.123. The number of anilines is 2. The molecule has 0 aliphatic carbocycles. The highest BCUT2D eigenvalue weighted by atomic mass is 32.1. The average Bonchev–Trinajstić information content (AvgIpc) is 3.38. The zero-order chi connectivity index (χ0) is 26.1. The van der Waals surface area contributed by atoms with E-state index in [9.17, 15) is 19.2 Å². The smallest absolute Gasteiger partial charge is 0.405 e. The number of carbonyl (C=O) groups is 4. The van der Waals surface area contributed by atoms with Gasteiger partial charge in [-0.2, -0.15) is 0 Å². The summed E-state index contributed by atoms with van der Waals surface area (Å²) in [5.74, 6) is -1.11. The molecule has 2 aromatic carbocycles. The Morgan fingerprint density at radius 1 is 1.00 bits per heavy atom. The van der Waals surface area contributed by atoms with Gasteiger partial charge in [0.25, 0.3) is 5.91 Å². The predicted molar refractivity (Wildman–Crippen MR) is 139 cm³/mol. The van der Waals surface area contributed by atoms with Gasteiger partial charge in [0.2, 0.25) is 11.8 Å². The molecule has 0 spiro atoms. The van der Waals surface area contributed by atoms with E-state index in [0.717, 1.165) is 10.4 Å². The molecule has 0 unspecified atom stereocenters. The second kappa shape index (κ2) is 12.4. The summed E-state index contributed by atoms with van der Waals surface area (Å²) in [4.78, 5) is 48.4. The topological polar surface area (TPSA) is 163 Å². The Balaban J connectivity index is 1.64. The lowest BCUT2D eigenvalue weighted by Crippen LogP contribution is -2.49. The Morgan fingerprint density at radius 2 is 1.72 bits per heavy atom. The monoisotopic (exact) mass is 509 g/mol. The SMILES string of the molecule is CC(=O)NCCNC(=O)[C@H](Cc1ccc(C(=O)Nc2cc(-c3cccs3)ccc2N)cc1)NC(=O)O. The van der Waals surface area contributed by atoms with E-state index >= 15 is 0 Å². The maximum Gasteiger partial charge on any atom is 0.405 e. The summed E-state index contributed by atoms with van der Waals surface area (Å²) in [5.41, 5.74) is 8.96. The molecule has 4 amide bonds. The molecule has 11 heteroatoms. The van der Waals surface area contributed by atoms with Gasteiger partial charge in [-0.05, 0) is 46.8 Å². The highest BCUT2D eigenvalue weighted by Gasteiger charge is 2.21. The van der Waals surface area contributed by atoms with Crippen LogP contribution in [-0.4, -0.2) is 48.1 Å². The first-order chi connectivity index (χ1) is 17.2. The van der Waals surface area contributed by atoms with Crippen LogP contribution in [0, 0.1) is 0 Å². The third-order valence-corrected chi connectivity index (χ3v) is 6.09. The second-order valence-electron chi connectivity index (χ2n) is 7.91. The average molecular weight is 510 g/mol. The van der Waals surface area contributed by atoms with Crippen molar-refractivity contribution in [1.29, 1.82) is 0 Å². The molecule has 0 saturated heterocycles. The van der Waals surface area contributed by atoms with Gasteiger partial charge in [0.15, 0.2) is 0 Å². The molecule has 0 aliphatic rings. The maximum atomic E-state index is 12.8. The molecule has 36 heavy (non-hydrogen) atoms. The largest absolute Gasteiger partial charge is 0.465 e. The minimum atomic E-state index is -1.34. The normalized spacial score (nSPS) is 11.2. The Hall–Kier alpha value is -4.38. The van der Waals surface area contributed by atoms with E-state index in [0.29, 0.717) is 22.5 Å². The molecule has 3 rings (SSSR count). The van der Waals surface area contributed by atoms with Crippen molar-refractivity contribution < 1.29 is 24.3 Å². The molecule has 0 fully saturated rings. The Kier molecular flexibility index (Phi) is 9.01. The summed E-state index contributed by atoms with van der Waals surface area (Å²) >= 11 is 1.58. The van der Waals surface area contributed by atoms with Crippen molar-refractivity contribution in [2.75, 3.05) is 24.1 Å². The van der Waals surface area contributed by atoms with Crippen molar-refractivity contribution in [3.63, 3.8) is 0 Å². The molecular weight excluding hydrogens is 482 g/mol. The van der Waals surface area contributed by atoms with Gasteiger partial charge >= 0.3 is 6.09 Å². The van der Waals surface area contributed by atoms with Crippen LogP contribution in [0.1, 0.15) is 22.8 Å². The number of nitrogens with two attached hydrogens (primary N) is 1. The zero-order valence-electron chi connectivity index (χ0n) is 19.5. The molecule has 7 N–H and O–H groups in total. The van der Waals surface area contributed by atoms with Crippen LogP contribution in [-0.2, 0) is 16.0 Å². The van der Waals surface area contributed by atoms with Crippen LogP contribution in [0.4, 0.5) is 16.2 Å². The molecule has 0 bridgehead atoms. The van der Waals surface area contributed by atoms with Crippen molar-refractivity contribution in [1.82, 2.24) is 16.0 Å². The number of hydrogen-bond acceptors (Lipinski definition) is 6. The van der Waals surface area contributed by atoms with E-state index in [1.165, 1.54) is 6.92 Å². The van der Waals surface area contributed by atoms with Crippen molar-refractivity contribution in [2.24, 2.45) is 0 Å². The lowest BCUT2D eigenvalue weighted by Gasteiger charge is -2.17. The van der Waals surface area contributed by atoms with Crippen LogP contribution >= 0.6 is 11.3 Å². The van der Waals surface area contributed by atoms with E-state index in [1.807, 2.05) is 29.6 Å². The number of nitrogens with one attached hydrogen (secondary N) is 4. The van der Waals surface area contributed by atoms with Gasteiger partial charge in [0.1, 0.15) is 6.04 Å². The predicted octanol–water partition coefficient (Wildman–Crippen LogP) is 2.68. The number of benzene rings is 2. The highest BCUT2D eigenvalue weighted by Crippen LogP contribution is 2.30. The fourth-order valence-electron chi connectivity index (χ4n) is 3.39. The van der Waals surface area contributed by atoms with Crippen LogP contribution in [0.5, 0.6) is 0 Å². The van der Waals surface area contributed by atoms with Gasteiger partial charge in [-0.25, -0.2) is 4.79 Å². The zero-order valence-corrected chi connectivity index (χ0v) is 20.4. The molecule has 0 radical (unpaired) electrons. The van der Waals surface area contributed by atoms with Crippen molar-refractivity contribution in [3.8, 4) is 10.4 Å². The Bertz CT molecular complexity index is 1230. The van der Waals surface area contributed by atoms with Crippen LogP contribution in [0.15, 0.2) is 60.0 Å². The molecule has 1 heterocycles. The molecule has 188 valence electrons. The van der Waals surface area contributed by atoms with Crippen LogP contribution in [0.3, 0.4) is 0 Å². The molecule has 0 aliphatic heterocycles. The third-order valence-electron chi connectivity index (χ3n) is 5.18. The molecule has 10 nitrogen and oxygen atoms in total. The van der Waals surface area contributed by atoms with Gasteiger partial charge in [-0.3, -0.25) is 14.4 Å². The number of carbonyl (C=O) groups excluding carboxylic acids is 3. The quantitative estimate of drug-likeness (QED) is 0.182. The number of thiophene rings is 1. The van der Waals surface area contributed by atoms with Gasteiger partial charge in [-0.1, -0.05) is 24.3 Å². The third kappa shape index (κ3) is 7.57. The minimum Gasteiger partial charge on any atom is -0.465 e.